The molecular weight excluding hydrogens is 590 g/mol. The molecule has 2 aliphatic rings. The molecule has 1 saturated heterocycles. The summed E-state index contributed by atoms with van der Waals surface area (Å²) in [5, 5.41) is 15.5. The lowest BCUT2D eigenvalue weighted by molar-refractivity contribution is 0.0766. The molecule has 9 nitrogen and oxygen atoms in total. The van der Waals surface area contributed by atoms with Gasteiger partial charge in [-0.1, -0.05) is 30.3 Å². The average molecular weight is 632 g/mol. The molecule has 242 valence electrons. The van der Waals surface area contributed by atoms with Crippen molar-refractivity contribution in [1.82, 2.24) is 15.2 Å². The quantitative estimate of drug-likeness (QED) is 0.213. The predicted octanol–water partition coefficient (Wildman–Crippen LogP) is 5.86. The molecule has 6 rings (SSSR count). The van der Waals surface area contributed by atoms with Crippen LogP contribution >= 0.6 is 0 Å². The Hall–Kier alpha value is -5.02. The lowest BCUT2D eigenvalue weighted by Gasteiger charge is -2.29. The lowest BCUT2D eigenvalue weighted by atomic mass is 9.87. The summed E-state index contributed by atoms with van der Waals surface area (Å²) in [6, 6.07) is 24.2. The third-order valence-electron chi connectivity index (χ3n) is 9.10. The van der Waals surface area contributed by atoms with Gasteiger partial charge in [0, 0.05) is 60.8 Å². The third kappa shape index (κ3) is 7.36. The number of benzene rings is 3. The van der Waals surface area contributed by atoms with Gasteiger partial charge in [-0.15, -0.1) is 0 Å². The highest BCUT2D eigenvalue weighted by molar-refractivity contribution is 6.08. The molecule has 3 amide bonds. The van der Waals surface area contributed by atoms with Gasteiger partial charge in [0.1, 0.15) is 0 Å². The number of hydrogen-bond acceptors (Lipinski definition) is 6. The fraction of sp³-hybridized carbons (Fsp3) is 0.316. The number of aromatic nitrogens is 1. The molecule has 1 fully saturated rings. The minimum absolute atomic E-state index is 0.0487. The minimum atomic E-state index is -0.374. The van der Waals surface area contributed by atoms with E-state index < -0.39 is 0 Å². The van der Waals surface area contributed by atoms with Gasteiger partial charge in [0.05, 0.1) is 24.0 Å². The Morgan fingerprint density at radius 3 is 2.49 bits per heavy atom. The Morgan fingerprint density at radius 2 is 1.66 bits per heavy atom. The Morgan fingerprint density at radius 1 is 0.872 bits per heavy atom. The topological polar surface area (TPSA) is 115 Å². The largest absolute Gasteiger partial charge is 0.395 e. The molecule has 1 atom stereocenters. The molecule has 1 aliphatic carbocycles. The maximum Gasteiger partial charge on any atom is 0.255 e. The van der Waals surface area contributed by atoms with E-state index in [1.54, 1.807) is 49.6 Å². The number of aliphatic hydroxyl groups is 1. The van der Waals surface area contributed by atoms with E-state index in [9.17, 15) is 19.5 Å². The summed E-state index contributed by atoms with van der Waals surface area (Å²) in [5.74, 6) is -0.821. The first kappa shape index (κ1) is 31.9. The molecule has 3 aromatic carbocycles. The monoisotopic (exact) mass is 631 g/mol. The van der Waals surface area contributed by atoms with Gasteiger partial charge < -0.3 is 25.5 Å². The van der Waals surface area contributed by atoms with Crippen LogP contribution in [0.2, 0.25) is 0 Å². The Balaban J connectivity index is 1.29. The standard InChI is InChI=1S/C38H41N5O4/c1-42(21-22-44)38(47)29-12-7-11-27(23-29)36(45)41-34-16-15-30(43-19-5-2-6-20-43)25-32(34)35-24-28(17-18-39-35)37(46)40-33-14-8-10-26-9-3-4-13-31(26)33/h3-4,7,9,11-13,15-18,23-25,33,44H,2,5-6,8,10,14,19-22H2,1H3,(H,40,46)(H,41,45)/t33-/m0/s1. The number of carbonyl (C=O) groups excluding carboxylic acids is 3. The molecule has 0 spiro atoms. The van der Waals surface area contributed by atoms with E-state index in [0.717, 1.165) is 50.9 Å². The number of nitrogens with one attached hydrogen (secondary N) is 2. The molecule has 1 aromatic heterocycles. The summed E-state index contributed by atoms with van der Waals surface area (Å²) in [4.78, 5) is 48.4. The van der Waals surface area contributed by atoms with Crippen molar-refractivity contribution >= 4 is 29.1 Å². The smallest absolute Gasteiger partial charge is 0.255 e. The summed E-state index contributed by atoms with van der Waals surface area (Å²) in [6.45, 7) is 1.95. The molecule has 0 unspecified atom stereocenters. The summed E-state index contributed by atoms with van der Waals surface area (Å²) < 4.78 is 0. The number of amides is 3. The van der Waals surface area contributed by atoms with E-state index in [2.05, 4.69) is 32.7 Å². The van der Waals surface area contributed by atoms with Gasteiger partial charge in [0.25, 0.3) is 17.7 Å². The SMILES string of the molecule is CN(CCO)C(=O)c1cccc(C(=O)Nc2ccc(N3CCCCC3)cc2-c2cc(C(=O)N[C@H]3CCCc4ccccc43)ccn2)c1. The summed E-state index contributed by atoms with van der Waals surface area (Å²) in [5.41, 5.74) is 6.50. The van der Waals surface area contributed by atoms with Crippen molar-refractivity contribution in [2.24, 2.45) is 0 Å². The van der Waals surface area contributed by atoms with E-state index in [1.165, 1.54) is 22.4 Å². The first-order valence-corrected chi connectivity index (χ1v) is 16.4. The van der Waals surface area contributed by atoms with Gasteiger partial charge in [-0.3, -0.25) is 19.4 Å². The van der Waals surface area contributed by atoms with Crippen LogP contribution in [0.1, 0.15) is 80.3 Å². The molecule has 0 radical (unpaired) electrons. The zero-order valence-corrected chi connectivity index (χ0v) is 26.7. The van der Waals surface area contributed by atoms with E-state index in [1.807, 2.05) is 30.3 Å². The van der Waals surface area contributed by atoms with Crippen molar-refractivity contribution in [2.45, 2.75) is 44.6 Å². The fourth-order valence-electron chi connectivity index (χ4n) is 6.53. The molecule has 4 aromatic rings. The van der Waals surface area contributed by atoms with Gasteiger partial charge in [-0.25, -0.2) is 0 Å². The zero-order chi connectivity index (χ0) is 32.8. The van der Waals surface area contributed by atoms with E-state index >= 15 is 0 Å². The van der Waals surface area contributed by atoms with E-state index in [-0.39, 0.29) is 36.9 Å². The Labute approximate surface area is 275 Å². The van der Waals surface area contributed by atoms with Gasteiger partial charge in [-0.05, 0) is 98.2 Å². The van der Waals surface area contributed by atoms with Crippen LogP contribution in [0.4, 0.5) is 11.4 Å². The van der Waals surface area contributed by atoms with Crippen LogP contribution in [0.15, 0.2) is 85.1 Å². The van der Waals surface area contributed by atoms with Crippen LogP contribution in [0, 0.1) is 0 Å². The van der Waals surface area contributed by atoms with Gasteiger partial charge >= 0.3 is 0 Å². The van der Waals surface area contributed by atoms with Crippen LogP contribution in [0.3, 0.4) is 0 Å². The number of hydrogen-bond donors (Lipinski definition) is 3. The Kier molecular flexibility index (Phi) is 9.92. The van der Waals surface area contributed by atoms with Crippen molar-refractivity contribution in [2.75, 3.05) is 43.5 Å². The number of carbonyl (C=O) groups is 3. The fourth-order valence-corrected chi connectivity index (χ4v) is 6.53. The highest BCUT2D eigenvalue weighted by Crippen LogP contribution is 2.34. The number of piperidine rings is 1. The number of aliphatic hydroxyl groups excluding tert-OH is 1. The van der Waals surface area contributed by atoms with E-state index in [0.29, 0.717) is 33.6 Å². The summed E-state index contributed by atoms with van der Waals surface area (Å²) in [7, 11) is 1.61. The number of anilines is 2. The molecule has 0 saturated carbocycles. The van der Waals surface area contributed by atoms with Crippen LogP contribution < -0.4 is 15.5 Å². The first-order chi connectivity index (χ1) is 22.9. The maximum atomic E-state index is 13.6. The lowest BCUT2D eigenvalue weighted by Crippen LogP contribution is -2.31. The maximum absolute atomic E-state index is 13.6. The van der Waals surface area contributed by atoms with Crippen LogP contribution in [-0.4, -0.2) is 66.0 Å². The Bertz CT molecular complexity index is 1770. The second-order valence-electron chi connectivity index (χ2n) is 12.3. The van der Waals surface area contributed by atoms with Crippen LogP contribution in [0.25, 0.3) is 11.3 Å². The van der Waals surface area contributed by atoms with Gasteiger partial charge in [0.15, 0.2) is 0 Å². The van der Waals surface area contributed by atoms with E-state index in [4.69, 9.17) is 0 Å². The molecule has 9 heteroatoms. The molecule has 0 bridgehead atoms. The molecule has 47 heavy (non-hydrogen) atoms. The van der Waals surface area contributed by atoms with Crippen molar-refractivity contribution in [3.05, 3.63) is 113 Å². The normalized spacial score (nSPS) is 15.8. The molecule has 2 heterocycles. The third-order valence-corrected chi connectivity index (χ3v) is 9.10. The van der Waals surface area contributed by atoms with Crippen molar-refractivity contribution in [3.8, 4) is 11.3 Å². The number of likely N-dealkylation sites (N-methyl/N-ethyl adjacent to an activating group) is 1. The second-order valence-corrected chi connectivity index (χ2v) is 12.3. The van der Waals surface area contributed by atoms with Crippen molar-refractivity contribution < 1.29 is 19.5 Å². The number of pyridine rings is 1. The van der Waals surface area contributed by atoms with Crippen molar-refractivity contribution in [3.63, 3.8) is 0 Å². The van der Waals surface area contributed by atoms with Gasteiger partial charge in [0.2, 0.25) is 0 Å². The number of fused-ring (bicyclic) bond motifs is 1. The minimum Gasteiger partial charge on any atom is -0.395 e. The average Bonchev–Trinajstić information content (AvgIpc) is 3.12. The van der Waals surface area contributed by atoms with Crippen molar-refractivity contribution in [1.29, 1.82) is 0 Å². The number of nitrogens with zero attached hydrogens (tertiary/aromatic N) is 3. The van der Waals surface area contributed by atoms with Crippen LogP contribution in [0.5, 0.6) is 0 Å². The molecule has 3 N–H and O–H groups in total. The summed E-state index contributed by atoms with van der Waals surface area (Å²) in [6.07, 6.45) is 8.01. The highest BCUT2D eigenvalue weighted by Gasteiger charge is 2.23. The predicted molar refractivity (Wildman–Crippen MR) is 184 cm³/mol. The van der Waals surface area contributed by atoms with Gasteiger partial charge in [-0.2, -0.15) is 0 Å². The molecule has 1 aliphatic heterocycles. The summed E-state index contributed by atoms with van der Waals surface area (Å²) >= 11 is 0. The second kappa shape index (κ2) is 14.6. The first-order valence-electron chi connectivity index (χ1n) is 16.4. The van der Waals surface area contributed by atoms with Crippen LogP contribution in [-0.2, 0) is 6.42 Å². The zero-order valence-electron chi connectivity index (χ0n) is 26.7. The number of rotatable bonds is 9. The number of aryl methyl sites for hydroxylation is 1. The highest BCUT2D eigenvalue weighted by atomic mass is 16.3. The molecular formula is C38H41N5O4.